The van der Waals surface area contributed by atoms with Crippen molar-refractivity contribution in [2.45, 2.75) is 11.3 Å². The van der Waals surface area contributed by atoms with Gasteiger partial charge in [-0.1, -0.05) is 12.1 Å². The minimum absolute atomic E-state index is 0.177. The molecule has 1 amide bonds. The van der Waals surface area contributed by atoms with E-state index in [1.54, 1.807) is 0 Å². The number of carbonyl (C=O) groups is 2. The summed E-state index contributed by atoms with van der Waals surface area (Å²) in [6, 6.07) is 5.36. The van der Waals surface area contributed by atoms with Gasteiger partial charge in [-0.3, -0.25) is 4.79 Å². The number of nitrogens with zero attached hydrogens (tertiary/aromatic N) is 1. The van der Waals surface area contributed by atoms with Crippen molar-refractivity contribution in [3.8, 4) is 0 Å². The highest BCUT2D eigenvalue weighted by Gasteiger charge is 2.22. The highest BCUT2D eigenvalue weighted by molar-refractivity contribution is 7.91. The maximum absolute atomic E-state index is 12.1. The molecule has 0 aliphatic carbocycles. The molecule has 1 rings (SSSR count). The second kappa shape index (κ2) is 5.83. The second-order valence-corrected chi connectivity index (χ2v) is 6.24. The Morgan fingerprint density at radius 3 is 2.32 bits per heavy atom. The van der Waals surface area contributed by atoms with Gasteiger partial charge in [0.15, 0.2) is 9.84 Å². The monoisotopic (exact) mass is 285 g/mol. The first-order chi connectivity index (χ1) is 8.75. The number of rotatable bonds is 5. The topological polar surface area (TPSA) is 91.8 Å². The van der Waals surface area contributed by atoms with Crippen LogP contribution in [0.4, 0.5) is 0 Å². The van der Waals surface area contributed by atoms with Crippen LogP contribution < -0.4 is 0 Å². The molecule has 1 aromatic rings. The van der Waals surface area contributed by atoms with Crippen molar-refractivity contribution in [1.82, 2.24) is 4.90 Å². The van der Waals surface area contributed by atoms with Crippen LogP contribution in [0.2, 0.25) is 0 Å². The largest absolute Gasteiger partial charge is 0.478 e. The Hall–Kier alpha value is -1.89. The summed E-state index contributed by atoms with van der Waals surface area (Å²) in [4.78, 5) is 23.4. The van der Waals surface area contributed by atoms with Gasteiger partial charge in [0, 0.05) is 20.5 Å². The van der Waals surface area contributed by atoms with Crippen LogP contribution in [0.25, 0.3) is 0 Å². The number of aromatic carboxylic acids is 1. The third kappa shape index (κ3) is 3.78. The zero-order valence-corrected chi connectivity index (χ0v) is 11.5. The quantitative estimate of drug-likeness (QED) is 0.857. The molecule has 1 aromatic carbocycles. The Kier molecular flexibility index (Phi) is 4.66. The lowest BCUT2D eigenvalue weighted by Crippen LogP contribution is -2.24. The third-order valence-corrected chi connectivity index (χ3v) is 4.30. The van der Waals surface area contributed by atoms with E-state index < -0.39 is 21.6 Å². The average molecular weight is 285 g/mol. The number of sulfone groups is 1. The Morgan fingerprint density at radius 1 is 1.21 bits per heavy atom. The molecule has 19 heavy (non-hydrogen) atoms. The van der Waals surface area contributed by atoms with Crippen LogP contribution >= 0.6 is 0 Å². The van der Waals surface area contributed by atoms with Gasteiger partial charge in [-0.25, -0.2) is 13.2 Å². The van der Waals surface area contributed by atoms with Crippen molar-refractivity contribution in [1.29, 1.82) is 0 Å². The molecule has 7 heteroatoms. The fourth-order valence-electron chi connectivity index (χ4n) is 1.47. The van der Waals surface area contributed by atoms with Crippen LogP contribution in [-0.4, -0.2) is 50.1 Å². The SMILES string of the molecule is CN(C)C(=O)CCS(=O)(=O)c1ccccc1C(=O)O. The summed E-state index contributed by atoms with van der Waals surface area (Å²) >= 11 is 0. The standard InChI is InChI=1S/C12H15NO5S/c1-13(2)11(14)7-8-19(17,18)10-6-4-3-5-9(10)12(15)16/h3-6H,7-8H2,1-2H3,(H,15,16). The molecule has 0 bridgehead atoms. The summed E-state index contributed by atoms with van der Waals surface area (Å²) in [6.45, 7) is 0. The van der Waals surface area contributed by atoms with Gasteiger partial charge in [-0.15, -0.1) is 0 Å². The van der Waals surface area contributed by atoms with E-state index >= 15 is 0 Å². The first kappa shape index (κ1) is 15.2. The lowest BCUT2D eigenvalue weighted by Gasteiger charge is -2.11. The number of amides is 1. The summed E-state index contributed by atoms with van der Waals surface area (Å²) in [6.07, 6.45) is -0.177. The molecule has 1 N–H and O–H groups in total. The van der Waals surface area contributed by atoms with Crippen molar-refractivity contribution in [2.75, 3.05) is 19.8 Å². The summed E-state index contributed by atoms with van der Waals surface area (Å²) in [7, 11) is -0.737. The molecule has 0 aliphatic rings. The molecule has 6 nitrogen and oxygen atoms in total. The summed E-state index contributed by atoms with van der Waals surface area (Å²) in [5, 5.41) is 8.96. The molecule has 0 saturated carbocycles. The van der Waals surface area contributed by atoms with E-state index in [1.165, 1.54) is 43.3 Å². The van der Waals surface area contributed by atoms with E-state index in [9.17, 15) is 18.0 Å². The number of carbonyl (C=O) groups excluding carboxylic acids is 1. The van der Waals surface area contributed by atoms with Crippen molar-refractivity contribution in [3.05, 3.63) is 29.8 Å². The maximum atomic E-state index is 12.1. The normalized spacial score (nSPS) is 11.1. The van der Waals surface area contributed by atoms with E-state index in [0.29, 0.717) is 0 Å². The molecule has 0 spiro atoms. The van der Waals surface area contributed by atoms with Gasteiger partial charge >= 0.3 is 5.97 Å². The molecular weight excluding hydrogens is 270 g/mol. The van der Waals surface area contributed by atoms with E-state index in [1.807, 2.05) is 0 Å². The van der Waals surface area contributed by atoms with Gasteiger partial charge < -0.3 is 10.0 Å². The number of carboxylic acids is 1. The van der Waals surface area contributed by atoms with Gasteiger partial charge in [0.2, 0.25) is 5.91 Å². The molecule has 0 atom stereocenters. The second-order valence-electron chi connectivity index (χ2n) is 4.16. The zero-order valence-electron chi connectivity index (χ0n) is 10.7. The highest BCUT2D eigenvalue weighted by atomic mass is 32.2. The van der Waals surface area contributed by atoms with E-state index in [0.717, 1.165) is 0 Å². The van der Waals surface area contributed by atoms with Crippen molar-refractivity contribution in [3.63, 3.8) is 0 Å². The lowest BCUT2D eigenvalue weighted by molar-refractivity contribution is -0.128. The van der Waals surface area contributed by atoms with Crippen LogP contribution in [0.3, 0.4) is 0 Å². The first-order valence-electron chi connectivity index (χ1n) is 5.51. The number of benzene rings is 1. The molecule has 0 aromatic heterocycles. The molecular formula is C12H15NO5S. The summed E-state index contributed by atoms with van der Waals surface area (Å²) < 4.78 is 24.1. The smallest absolute Gasteiger partial charge is 0.337 e. The Labute approximate surface area is 111 Å². The van der Waals surface area contributed by atoms with Crippen LogP contribution in [0.5, 0.6) is 0 Å². The van der Waals surface area contributed by atoms with Gasteiger partial charge in [-0.2, -0.15) is 0 Å². The van der Waals surface area contributed by atoms with Crippen LogP contribution in [0.1, 0.15) is 16.8 Å². The Bertz CT molecular complexity index is 592. The lowest BCUT2D eigenvalue weighted by atomic mass is 10.2. The molecule has 0 aliphatic heterocycles. The van der Waals surface area contributed by atoms with E-state index in [-0.39, 0.29) is 22.8 Å². The maximum Gasteiger partial charge on any atom is 0.337 e. The van der Waals surface area contributed by atoms with Crippen LogP contribution in [-0.2, 0) is 14.6 Å². The van der Waals surface area contributed by atoms with Gasteiger partial charge in [0.25, 0.3) is 0 Å². The minimum Gasteiger partial charge on any atom is -0.478 e. The zero-order chi connectivity index (χ0) is 14.6. The molecule has 0 saturated heterocycles. The van der Waals surface area contributed by atoms with Crippen molar-refractivity contribution in [2.24, 2.45) is 0 Å². The molecule has 104 valence electrons. The van der Waals surface area contributed by atoms with Crippen LogP contribution in [0.15, 0.2) is 29.2 Å². The number of hydrogen-bond acceptors (Lipinski definition) is 4. The highest BCUT2D eigenvalue weighted by Crippen LogP contribution is 2.18. The van der Waals surface area contributed by atoms with E-state index in [4.69, 9.17) is 5.11 Å². The molecule has 0 fully saturated rings. The van der Waals surface area contributed by atoms with Gasteiger partial charge in [0.1, 0.15) is 0 Å². The predicted molar refractivity (Wildman–Crippen MR) is 68.8 cm³/mol. The number of hydrogen-bond donors (Lipinski definition) is 1. The van der Waals surface area contributed by atoms with E-state index in [2.05, 4.69) is 0 Å². The summed E-state index contributed by atoms with van der Waals surface area (Å²) in [5.41, 5.74) is -0.278. The molecule has 0 unspecified atom stereocenters. The summed E-state index contributed by atoms with van der Waals surface area (Å²) in [5.74, 6) is -2.04. The first-order valence-corrected chi connectivity index (χ1v) is 7.16. The van der Waals surface area contributed by atoms with Crippen LogP contribution in [0, 0.1) is 0 Å². The average Bonchev–Trinajstić information content (AvgIpc) is 2.35. The van der Waals surface area contributed by atoms with Crippen molar-refractivity contribution < 1.29 is 23.1 Å². The number of carboxylic acid groups (broad SMARTS) is 1. The predicted octanol–water partition coefficient (Wildman–Crippen LogP) is 0.637. The van der Waals surface area contributed by atoms with Crippen molar-refractivity contribution >= 4 is 21.7 Å². The van der Waals surface area contributed by atoms with Gasteiger partial charge in [-0.05, 0) is 12.1 Å². The molecule has 0 radical (unpaired) electrons. The Morgan fingerprint density at radius 2 is 1.79 bits per heavy atom. The molecule has 0 heterocycles. The minimum atomic E-state index is -3.79. The fourth-order valence-corrected chi connectivity index (χ4v) is 2.91. The van der Waals surface area contributed by atoms with Gasteiger partial charge in [0.05, 0.1) is 16.2 Å². The third-order valence-electron chi connectivity index (χ3n) is 2.54. The fraction of sp³-hybridized carbons (Fsp3) is 0.333. The Balaban J connectivity index is 3.02.